The molecule has 0 radical (unpaired) electrons. The molecule has 0 spiro atoms. The molecule has 0 amide bonds. The first kappa shape index (κ1) is 17.2. The number of hydrogen-bond donors (Lipinski definition) is 0. The van der Waals surface area contributed by atoms with Crippen LogP contribution in [0.3, 0.4) is 0 Å². The number of aryl methyl sites for hydroxylation is 3. The first-order valence-corrected chi connectivity index (χ1v) is 9.25. The van der Waals surface area contributed by atoms with Crippen LogP contribution in [0, 0.1) is 13.8 Å². The lowest BCUT2D eigenvalue weighted by Gasteiger charge is -2.17. The topological polar surface area (TPSA) is 34.9 Å². The summed E-state index contributed by atoms with van der Waals surface area (Å²) in [4.78, 5) is 18.2. The SMILES string of the molecule is Cc1cccc(C)c1-c1nc2ccccc2c(=O)n1CCc1ccccc1. The molecule has 3 nitrogen and oxygen atoms in total. The van der Waals surface area contributed by atoms with Crippen molar-refractivity contribution in [3.63, 3.8) is 0 Å². The Bertz CT molecular complexity index is 1140. The van der Waals surface area contributed by atoms with E-state index in [0.29, 0.717) is 11.9 Å². The van der Waals surface area contributed by atoms with Gasteiger partial charge in [0.25, 0.3) is 5.56 Å². The number of rotatable bonds is 4. The quantitative estimate of drug-likeness (QED) is 0.521. The van der Waals surface area contributed by atoms with Gasteiger partial charge in [0.1, 0.15) is 5.82 Å². The van der Waals surface area contributed by atoms with Gasteiger partial charge < -0.3 is 0 Å². The van der Waals surface area contributed by atoms with E-state index in [1.807, 2.05) is 53.1 Å². The molecule has 3 heteroatoms. The molecule has 4 aromatic rings. The van der Waals surface area contributed by atoms with Gasteiger partial charge in [-0.25, -0.2) is 4.98 Å². The maximum atomic E-state index is 13.3. The molecule has 0 bridgehead atoms. The van der Waals surface area contributed by atoms with Gasteiger partial charge >= 0.3 is 0 Å². The smallest absolute Gasteiger partial charge is 0.261 e. The molecule has 0 fully saturated rings. The molecule has 1 aromatic heterocycles. The van der Waals surface area contributed by atoms with Crippen molar-refractivity contribution >= 4 is 10.9 Å². The van der Waals surface area contributed by atoms with Gasteiger partial charge in [-0.1, -0.05) is 60.7 Å². The van der Waals surface area contributed by atoms with E-state index in [4.69, 9.17) is 4.98 Å². The third-order valence-corrected chi connectivity index (χ3v) is 5.03. The van der Waals surface area contributed by atoms with E-state index >= 15 is 0 Å². The molecule has 27 heavy (non-hydrogen) atoms. The molecule has 3 aromatic carbocycles. The highest BCUT2D eigenvalue weighted by Crippen LogP contribution is 2.26. The summed E-state index contributed by atoms with van der Waals surface area (Å²) >= 11 is 0. The molecule has 0 aliphatic carbocycles. The molecule has 0 saturated heterocycles. The van der Waals surface area contributed by atoms with E-state index in [9.17, 15) is 4.79 Å². The highest BCUT2D eigenvalue weighted by molar-refractivity contribution is 5.80. The zero-order chi connectivity index (χ0) is 18.8. The van der Waals surface area contributed by atoms with Gasteiger partial charge in [0.15, 0.2) is 0 Å². The summed E-state index contributed by atoms with van der Waals surface area (Å²) in [7, 11) is 0. The van der Waals surface area contributed by atoms with Gasteiger partial charge in [-0.3, -0.25) is 9.36 Å². The van der Waals surface area contributed by atoms with Gasteiger partial charge in [0.05, 0.1) is 10.9 Å². The van der Waals surface area contributed by atoms with Crippen molar-refractivity contribution in [2.45, 2.75) is 26.8 Å². The Morgan fingerprint density at radius 3 is 2.22 bits per heavy atom. The van der Waals surface area contributed by atoms with Crippen molar-refractivity contribution in [1.82, 2.24) is 9.55 Å². The van der Waals surface area contributed by atoms with E-state index in [-0.39, 0.29) is 5.56 Å². The average molecular weight is 354 g/mol. The Hall–Kier alpha value is -3.20. The predicted molar refractivity (Wildman–Crippen MR) is 111 cm³/mol. The lowest BCUT2D eigenvalue weighted by atomic mass is 10.0. The summed E-state index contributed by atoms with van der Waals surface area (Å²) in [6.45, 7) is 4.75. The van der Waals surface area contributed by atoms with Crippen molar-refractivity contribution < 1.29 is 0 Å². The Morgan fingerprint density at radius 1 is 0.815 bits per heavy atom. The Morgan fingerprint density at radius 2 is 1.48 bits per heavy atom. The largest absolute Gasteiger partial charge is 0.292 e. The van der Waals surface area contributed by atoms with Crippen molar-refractivity contribution in [2.24, 2.45) is 0 Å². The van der Waals surface area contributed by atoms with Crippen LogP contribution in [0.4, 0.5) is 0 Å². The first-order chi connectivity index (χ1) is 13.1. The van der Waals surface area contributed by atoms with E-state index in [2.05, 4.69) is 38.1 Å². The Kier molecular flexibility index (Phi) is 4.59. The van der Waals surface area contributed by atoms with Crippen LogP contribution in [0.25, 0.3) is 22.3 Å². The van der Waals surface area contributed by atoms with Crippen molar-refractivity contribution in [3.8, 4) is 11.4 Å². The van der Waals surface area contributed by atoms with Crippen LogP contribution in [0.1, 0.15) is 16.7 Å². The van der Waals surface area contributed by atoms with E-state index in [1.54, 1.807) is 0 Å². The van der Waals surface area contributed by atoms with Gasteiger partial charge in [0.2, 0.25) is 0 Å². The van der Waals surface area contributed by atoms with Crippen molar-refractivity contribution in [1.29, 1.82) is 0 Å². The molecule has 0 saturated carbocycles. The third kappa shape index (κ3) is 3.28. The van der Waals surface area contributed by atoms with Gasteiger partial charge in [-0.05, 0) is 49.1 Å². The number of fused-ring (bicyclic) bond motifs is 1. The highest BCUT2D eigenvalue weighted by atomic mass is 16.1. The van der Waals surface area contributed by atoms with Gasteiger partial charge in [0, 0.05) is 12.1 Å². The van der Waals surface area contributed by atoms with Crippen LogP contribution >= 0.6 is 0 Å². The van der Waals surface area contributed by atoms with E-state index < -0.39 is 0 Å². The molecule has 4 rings (SSSR count). The van der Waals surface area contributed by atoms with Crippen molar-refractivity contribution in [2.75, 3.05) is 0 Å². The maximum absolute atomic E-state index is 13.3. The number of benzene rings is 3. The zero-order valence-electron chi connectivity index (χ0n) is 15.6. The minimum atomic E-state index is 0.0224. The monoisotopic (exact) mass is 354 g/mol. The van der Waals surface area contributed by atoms with Crippen LogP contribution in [-0.4, -0.2) is 9.55 Å². The second kappa shape index (κ2) is 7.20. The van der Waals surface area contributed by atoms with Gasteiger partial charge in [-0.15, -0.1) is 0 Å². The lowest BCUT2D eigenvalue weighted by molar-refractivity contribution is 0.670. The number of hydrogen-bond acceptors (Lipinski definition) is 2. The highest BCUT2D eigenvalue weighted by Gasteiger charge is 2.16. The number of nitrogens with zero attached hydrogens (tertiary/aromatic N) is 2. The summed E-state index contributed by atoms with van der Waals surface area (Å²) in [5, 5.41) is 0.667. The lowest BCUT2D eigenvalue weighted by Crippen LogP contribution is -2.25. The Labute approximate surface area is 158 Å². The van der Waals surface area contributed by atoms with Crippen LogP contribution in [0.2, 0.25) is 0 Å². The maximum Gasteiger partial charge on any atom is 0.261 e. The normalized spacial score (nSPS) is 11.0. The minimum Gasteiger partial charge on any atom is -0.292 e. The summed E-state index contributed by atoms with van der Waals surface area (Å²) in [6, 6.07) is 24.0. The van der Waals surface area contributed by atoms with Gasteiger partial charge in [-0.2, -0.15) is 0 Å². The van der Waals surface area contributed by atoms with E-state index in [0.717, 1.165) is 34.5 Å². The molecule has 0 aliphatic heterocycles. The fourth-order valence-electron chi connectivity index (χ4n) is 3.62. The van der Waals surface area contributed by atoms with E-state index in [1.165, 1.54) is 5.56 Å². The zero-order valence-corrected chi connectivity index (χ0v) is 15.6. The molecule has 0 N–H and O–H groups in total. The minimum absolute atomic E-state index is 0.0224. The van der Waals surface area contributed by atoms with Crippen molar-refractivity contribution in [3.05, 3.63) is 99.8 Å². The summed E-state index contributed by atoms with van der Waals surface area (Å²) in [6.07, 6.45) is 0.790. The summed E-state index contributed by atoms with van der Waals surface area (Å²) in [5.41, 5.74) is 5.29. The standard InChI is InChI=1S/C24H22N2O/c1-17-9-8-10-18(2)22(17)23-25-21-14-7-6-13-20(21)24(27)26(23)16-15-19-11-4-3-5-12-19/h3-14H,15-16H2,1-2H3. The fraction of sp³-hybridized carbons (Fsp3) is 0.167. The predicted octanol–water partition coefficient (Wildman–Crippen LogP) is 4.92. The Balaban J connectivity index is 1.92. The molecule has 1 heterocycles. The molecule has 0 atom stereocenters. The van der Waals surface area contributed by atoms with Crippen LogP contribution in [0.5, 0.6) is 0 Å². The summed E-state index contributed by atoms with van der Waals surface area (Å²) < 4.78 is 1.84. The van der Waals surface area contributed by atoms with Crippen LogP contribution < -0.4 is 5.56 Å². The van der Waals surface area contributed by atoms with Crippen LogP contribution in [-0.2, 0) is 13.0 Å². The fourth-order valence-corrected chi connectivity index (χ4v) is 3.62. The third-order valence-electron chi connectivity index (χ3n) is 5.03. The summed E-state index contributed by atoms with van der Waals surface area (Å²) in [5.74, 6) is 0.755. The second-order valence-corrected chi connectivity index (χ2v) is 6.91. The molecular formula is C24H22N2O. The number of para-hydroxylation sites is 1. The number of aromatic nitrogens is 2. The second-order valence-electron chi connectivity index (χ2n) is 6.91. The molecular weight excluding hydrogens is 332 g/mol. The molecule has 0 unspecified atom stereocenters. The molecule has 0 aliphatic rings. The van der Waals surface area contributed by atoms with Crippen LogP contribution in [0.15, 0.2) is 77.6 Å². The average Bonchev–Trinajstić information content (AvgIpc) is 2.68. The molecule has 134 valence electrons. The first-order valence-electron chi connectivity index (χ1n) is 9.25.